The summed E-state index contributed by atoms with van der Waals surface area (Å²) in [6.45, 7) is 12.2. The quantitative estimate of drug-likeness (QED) is 0.803. The molecular weight excluding hydrogens is 280 g/mol. The number of likely N-dealkylation sites (tertiary alicyclic amines) is 1. The predicted octanol–water partition coefficient (Wildman–Crippen LogP) is 4.61. The van der Waals surface area contributed by atoms with Gasteiger partial charge in [-0.25, -0.2) is 0 Å². The average molecular weight is 308 g/mol. The molecule has 2 heterocycles. The van der Waals surface area contributed by atoms with E-state index in [1.54, 1.807) is 5.56 Å². The molecule has 0 unspecified atom stereocenters. The van der Waals surface area contributed by atoms with E-state index in [-0.39, 0.29) is 5.41 Å². The first kappa shape index (κ1) is 15.0. The monoisotopic (exact) mass is 308 g/mol. The van der Waals surface area contributed by atoms with Crippen LogP contribution in [0, 0.1) is 5.92 Å². The molecule has 2 aliphatic rings. The van der Waals surface area contributed by atoms with E-state index in [0.29, 0.717) is 12.0 Å². The zero-order valence-electron chi connectivity index (χ0n) is 14.8. The summed E-state index contributed by atoms with van der Waals surface area (Å²) in [5, 5.41) is 1.50. The molecule has 0 bridgehead atoms. The van der Waals surface area contributed by atoms with Crippen molar-refractivity contribution in [1.82, 2.24) is 9.88 Å². The minimum atomic E-state index is -0.0149. The zero-order valence-corrected chi connectivity index (χ0v) is 14.8. The Balaban J connectivity index is 1.96. The molecule has 23 heavy (non-hydrogen) atoms. The number of H-pyrrole nitrogens is 1. The van der Waals surface area contributed by atoms with E-state index in [1.807, 2.05) is 0 Å². The molecule has 1 saturated heterocycles. The van der Waals surface area contributed by atoms with Crippen molar-refractivity contribution in [1.29, 1.82) is 0 Å². The van der Waals surface area contributed by atoms with Gasteiger partial charge < -0.3 is 9.88 Å². The summed E-state index contributed by atoms with van der Waals surface area (Å²) in [5.41, 5.74) is 5.75. The van der Waals surface area contributed by atoms with Gasteiger partial charge >= 0.3 is 0 Å². The van der Waals surface area contributed by atoms with Gasteiger partial charge in [-0.05, 0) is 43.0 Å². The van der Waals surface area contributed by atoms with Gasteiger partial charge in [-0.15, -0.1) is 6.58 Å². The van der Waals surface area contributed by atoms with E-state index in [9.17, 15) is 0 Å². The lowest BCUT2D eigenvalue weighted by Gasteiger charge is -2.45. The van der Waals surface area contributed by atoms with E-state index < -0.39 is 0 Å². The number of aromatic nitrogens is 1. The summed E-state index contributed by atoms with van der Waals surface area (Å²) in [4.78, 5) is 6.33. The number of benzene rings is 1. The van der Waals surface area contributed by atoms with Crippen molar-refractivity contribution in [2.75, 3.05) is 13.6 Å². The zero-order chi connectivity index (χ0) is 16.4. The van der Waals surface area contributed by atoms with Crippen molar-refractivity contribution in [3.8, 4) is 0 Å². The summed E-state index contributed by atoms with van der Waals surface area (Å²) < 4.78 is 0. The molecule has 2 heteroatoms. The molecule has 0 radical (unpaired) electrons. The van der Waals surface area contributed by atoms with Crippen molar-refractivity contribution in [2.24, 2.45) is 5.92 Å². The van der Waals surface area contributed by atoms with Crippen LogP contribution in [0.1, 0.15) is 49.9 Å². The second-order valence-electron chi connectivity index (χ2n) is 8.33. The lowest BCUT2D eigenvalue weighted by atomic mass is 9.71. The summed E-state index contributed by atoms with van der Waals surface area (Å²) in [6, 6.07) is 7.47. The van der Waals surface area contributed by atoms with Crippen LogP contribution in [-0.2, 0) is 11.8 Å². The first-order valence-corrected chi connectivity index (χ1v) is 8.90. The average Bonchev–Trinajstić information content (AvgIpc) is 2.89. The predicted molar refractivity (Wildman–Crippen MR) is 98.2 cm³/mol. The number of nitrogens with zero attached hydrogens (tertiary/aromatic N) is 1. The Labute approximate surface area is 139 Å². The highest BCUT2D eigenvalue weighted by molar-refractivity contribution is 5.90. The SMILES string of the molecule is C=CC(C)(C)c1[nH]c2cccc3c2c1C[C@@H]1[C@@H]3C[C@@H](C)CN1C. The molecule has 1 aromatic carbocycles. The molecule has 0 spiro atoms. The molecular formula is C21H28N2. The Morgan fingerprint density at radius 3 is 2.87 bits per heavy atom. The summed E-state index contributed by atoms with van der Waals surface area (Å²) >= 11 is 0. The Morgan fingerprint density at radius 1 is 1.35 bits per heavy atom. The molecule has 122 valence electrons. The van der Waals surface area contributed by atoms with Gasteiger partial charge in [-0.3, -0.25) is 0 Å². The number of piperidine rings is 1. The Morgan fingerprint density at radius 2 is 2.13 bits per heavy atom. The van der Waals surface area contributed by atoms with Crippen LogP contribution >= 0.6 is 0 Å². The van der Waals surface area contributed by atoms with E-state index in [4.69, 9.17) is 0 Å². The van der Waals surface area contributed by atoms with Gasteiger partial charge in [0.1, 0.15) is 0 Å². The normalized spacial score (nSPS) is 27.9. The maximum atomic E-state index is 4.07. The molecule has 1 aliphatic carbocycles. The maximum Gasteiger partial charge on any atom is 0.0462 e. The highest BCUT2D eigenvalue weighted by Gasteiger charge is 2.40. The van der Waals surface area contributed by atoms with Gasteiger partial charge in [0, 0.05) is 40.5 Å². The molecule has 1 N–H and O–H groups in total. The van der Waals surface area contributed by atoms with Crippen molar-refractivity contribution >= 4 is 10.9 Å². The van der Waals surface area contributed by atoms with E-state index in [1.165, 1.54) is 35.1 Å². The minimum Gasteiger partial charge on any atom is -0.357 e. The third kappa shape index (κ3) is 2.11. The smallest absolute Gasteiger partial charge is 0.0462 e. The highest BCUT2D eigenvalue weighted by atomic mass is 15.1. The van der Waals surface area contributed by atoms with E-state index in [0.717, 1.165) is 12.3 Å². The minimum absolute atomic E-state index is 0.0149. The van der Waals surface area contributed by atoms with Gasteiger partial charge in [-0.2, -0.15) is 0 Å². The second-order valence-corrected chi connectivity index (χ2v) is 8.33. The third-order valence-electron chi connectivity index (χ3n) is 6.21. The summed E-state index contributed by atoms with van der Waals surface area (Å²) in [7, 11) is 2.31. The molecule has 1 aromatic heterocycles. The van der Waals surface area contributed by atoms with E-state index in [2.05, 4.69) is 68.6 Å². The molecule has 4 rings (SSSR count). The maximum absolute atomic E-state index is 4.07. The first-order valence-electron chi connectivity index (χ1n) is 8.90. The van der Waals surface area contributed by atoms with Crippen molar-refractivity contribution in [3.63, 3.8) is 0 Å². The number of hydrogen-bond acceptors (Lipinski definition) is 1. The topological polar surface area (TPSA) is 19.0 Å². The van der Waals surface area contributed by atoms with Crippen LogP contribution < -0.4 is 0 Å². The molecule has 0 saturated carbocycles. The molecule has 2 aromatic rings. The van der Waals surface area contributed by atoms with Crippen molar-refractivity contribution in [3.05, 3.63) is 47.7 Å². The van der Waals surface area contributed by atoms with Crippen molar-refractivity contribution < 1.29 is 0 Å². The number of likely N-dealkylation sites (N-methyl/N-ethyl adjacent to an activating group) is 1. The Bertz CT molecular complexity index is 767. The van der Waals surface area contributed by atoms with Gasteiger partial charge in [-0.1, -0.05) is 39.0 Å². The third-order valence-corrected chi connectivity index (χ3v) is 6.21. The Kier molecular flexibility index (Phi) is 3.25. The fourth-order valence-corrected chi connectivity index (χ4v) is 4.95. The number of nitrogens with one attached hydrogen (secondary N) is 1. The molecule has 2 nitrogen and oxygen atoms in total. The van der Waals surface area contributed by atoms with Gasteiger partial charge in [0.2, 0.25) is 0 Å². The van der Waals surface area contributed by atoms with Crippen LogP contribution in [0.25, 0.3) is 10.9 Å². The highest BCUT2D eigenvalue weighted by Crippen LogP contribution is 2.47. The number of aromatic amines is 1. The van der Waals surface area contributed by atoms with Crippen LogP contribution in [0.2, 0.25) is 0 Å². The lowest BCUT2D eigenvalue weighted by molar-refractivity contribution is 0.119. The fourth-order valence-electron chi connectivity index (χ4n) is 4.95. The summed E-state index contributed by atoms with van der Waals surface area (Å²) in [6.07, 6.45) is 4.56. The fraction of sp³-hybridized carbons (Fsp3) is 0.524. The van der Waals surface area contributed by atoms with Crippen LogP contribution in [0.3, 0.4) is 0 Å². The van der Waals surface area contributed by atoms with Gasteiger partial charge in [0.15, 0.2) is 0 Å². The number of hydrogen-bond donors (Lipinski definition) is 1. The van der Waals surface area contributed by atoms with E-state index >= 15 is 0 Å². The van der Waals surface area contributed by atoms with Crippen molar-refractivity contribution in [2.45, 2.75) is 51.0 Å². The standard InChI is InChI=1S/C21H28N2/c1-6-21(3,4)20-16-11-18-15(10-13(2)12-23(18)5)14-8-7-9-17(22-20)19(14)16/h6-9,13,15,18,22H,1,10-12H2,2-5H3/t13-,15-,18-/m1/s1. The van der Waals surface area contributed by atoms with Gasteiger partial charge in [0.25, 0.3) is 0 Å². The number of allylic oxidation sites excluding steroid dienone is 1. The summed E-state index contributed by atoms with van der Waals surface area (Å²) in [5.74, 6) is 1.46. The molecule has 1 fully saturated rings. The Hall–Kier alpha value is -1.54. The van der Waals surface area contributed by atoms with Crippen LogP contribution in [0.15, 0.2) is 30.9 Å². The van der Waals surface area contributed by atoms with Gasteiger partial charge in [0.05, 0.1) is 0 Å². The molecule has 3 atom stereocenters. The molecule has 1 aliphatic heterocycles. The lowest BCUT2D eigenvalue weighted by Crippen LogP contribution is -2.47. The molecule has 0 amide bonds. The number of rotatable bonds is 2. The van der Waals surface area contributed by atoms with Crippen LogP contribution in [-0.4, -0.2) is 29.5 Å². The first-order chi connectivity index (χ1) is 10.9. The van der Waals surface area contributed by atoms with Crippen LogP contribution in [0.4, 0.5) is 0 Å². The second kappa shape index (κ2) is 4.98. The number of fused-ring (bicyclic) bond motifs is 2. The van der Waals surface area contributed by atoms with Crippen LogP contribution in [0.5, 0.6) is 0 Å². The largest absolute Gasteiger partial charge is 0.357 e.